The highest BCUT2D eigenvalue weighted by atomic mass is 32.2. The second-order valence-corrected chi connectivity index (χ2v) is 9.10. The molecule has 4 aromatic carbocycles. The van der Waals surface area contributed by atoms with Crippen molar-refractivity contribution in [3.05, 3.63) is 102 Å². The summed E-state index contributed by atoms with van der Waals surface area (Å²) in [6, 6.07) is 23.4. The van der Waals surface area contributed by atoms with Gasteiger partial charge in [-0.3, -0.25) is 9.52 Å². The molecule has 4 rings (SSSR count). The predicted molar refractivity (Wildman–Crippen MR) is 129 cm³/mol. The molecule has 0 aromatic heterocycles. The molecule has 0 atom stereocenters. The first-order valence-electron chi connectivity index (χ1n) is 10.1. The number of aryl methyl sites for hydroxylation is 1. The highest BCUT2D eigenvalue weighted by Gasteiger charge is 2.14. The van der Waals surface area contributed by atoms with Gasteiger partial charge in [-0.2, -0.15) is 5.10 Å². The number of carbonyl (C=O) groups is 1. The SMILES string of the molecule is Cc1ccc(S(=O)(=O)Nc2ccc(C(=O)N/N=C/c3c(O)ccc4ccccc34)cc2)cc1. The highest BCUT2D eigenvalue weighted by Crippen LogP contribution is 2.25. The Hall–Kier alpha value is -4.17. The number of aromatic hydroxyl groups is 1. The molecule has 0 aliphatic heterocycles. The van der Waals surface area contributed by atoms with Gasteiger partial charge in [-0.1, -0.05) is 48.0 Å². The average Bonchev–Trinajstić information content (AvgIpc) is 2.81. The monoisotopic (exact) mass is 459 g/mol. The zero-order chi connectivity index (χ0) is 23.4. The maximum Gasteiger partial charge on any atom is 0.271 e. The van der Waals surface area contributed by atoms with Gasteiger partial charge >= 0.3 is 0 Å². The third kappa shape index (κ3) is 5.02. The minimum atomic E-state index is -3.73. The van der Waals surface area contributed by atoms with Crippen molar-refractivity contribution in [2.24, 2.45) is 5.10 Å². The Morgan fingerprint density at radius 3 is 2.33 bits per heavy atom. The fraction of sp³-hybridized carbons (Fsp3) is 0.0400. The fourth-order valence-electron chi connectivity index (χ4n) is 3.26. The van der Waals surface area contributed by atoms with Gasteiger partial charge < -0.3 is 5.11 Å². The molecule has 4 aromatic rings. The maximum atomic E-state index is 12.5. The Kier molecular flexibility index (Phi) is 6.10. The standard InChI is InChI=1S/C25H21N3O4S/c1-17-6-13-21(14-7-17)33(31,32)28-20-11-8-19(9-12-20)25(30)27-26-16-23-22-5-3-2-4-18(22)10-15-24(23)29/h2-16,28-29H,1H3,(H,27,30)/b26-16+. The van der Waals surface area contributed by atoms with Gasteiger partial charge in [-0.25, -0.2) is 13.8 Å². The summed E-state index contributed by atoms with van der Waals surface area (Å²) in [4.78, 5) is 12.6. The summed E-state index contributed by atoms with van der Waals surface area (Å²) >= 11 is 0. The van der Waals surface area contributed by atoms with Crippen molar-refractivity contribution >= 4 is 38.6 Å². The van der Waals surface area contributed by atoms with Crippen LogP contribution >= 0.6 is 0 Å². The summed E-state index contributed by atoms with van der Waals surface area (Å²) in [7, 11) is -3.73. The quantitative estimate of drug-likeness (QED) is 0.293. The molecule has 0 spiro atoms. The third-order valence-corrected chi connectivity index (χ3v) is 6.44. The topological polar surface area (TPSA) is 108 Å². The van der Waals surface area contributed by atoms with E-state index < -0.39 is 15.9 Å². The second-order valence-electron chi connectivity index (χ2n) is 7.41. The van der Waals surface area contributed by atoms with Crippen molar-refractivity contribution in [1.29, 1.82) is 0 Å². The third-order valence-electron chi connectivity index (χ3n) is 5.04. The van der Waals surface area contributed by atoms with Crippen molar-refractivity contribution in [3.63, 3.8) is 0 Å². The van der Waals surface area contributed by atoms with Crippen LogP contribution in [-0.2, 0) is 10.0 Å². The molecule has 33 heavy (non-hydrogen) atoms. The zero-order valence-corrected chi connectivity index (χ0v) is 18.5. The Morgan fingerprint density at radius 2 is 1.61 bits per heavy atom. The van der Waals surface area contributed by atoms with Crippen LogP contribution in [-0.4, -0.2) is 25.6 Å². The van der Waals surface area contributed by atoms with E-state index in [1.165, 1.54) is 42.6 Å². The van der Waals surface area contributed by atoms with Crippen molar-refractivity contribution in [2.75, 3.05) is 4.72 Å². The van der Waals surface area contributed by atoms with E-state index in [-0.39, 0.29) is 10.6 Å². The van der Waals surface area contributed by atoms with Crippen LogP contribution in [0.1, 0.15) is 21.5 Å². The first kappa shape index (κ1) is 22.0. The molecule has 0 aliphatic carbocycles. The first-order chi connectivity index (χ1) is 15.8. The van der Waals surface area contributed by atoms with E-state index in [1.54, 1.807) is 24.3 Å². The molecule has 0 aliphatic rings. The van der Waals surface area contributed by atoms with E-state index in [1.807, 2.05) is 31.2 Å². The lowest BCUT2D eigenvalue weighted by molar-refractivity contribution is 0.0955. The first-order valence-corrected chi connectivity index (χ1v) is 11.6. The molecule has 0 saturated heterocycles. The number of sulfonamides is 1. The molecule has 7 nitrogen and oxygen atoms in total. The molecule has 0 bridgehead atoms. The van der Waals surface area contributed by atoms with E-state index in [0.29, 0.717) is 16.8 Å². The Balaban J connectivity index is 1.44. The molecule has 0 heterocycles. The average molecular weight is 460 g/mol. The summed E-state index contributed by atoms with van der Waals surface area (Å²) in [5.41, 5.74) is 4.50. The van der Waals surface area contributed by atoms with Gasteiger partial charge in [0.05, 0.1) is 11.1 Å². The van der Waals surface area contributed by atoms with Crippen LogP contribution in [0.5, 0.6) is 5.75 Å². The summed E-state index contributed by atoms with van der Waals surface area (Å²) in [6.45, 7) is 1.88. The number of amides is 1. The van der Waals surface area contributed by atoms with Gasteiger partial charge in [0.2, 0.25) is 0 Å². The van der Waals surface area contributed by atoms with E-state index in [4.69, 9.17) is 0 Å². The van der Waals surface area contributed by atoms with Crippen LogP contribution < -0.4 is 10.1 Å². The van der Waals surface area contributed by atoms with Gasteiger partial charge in [-0.15, -0.1) is 0 Å². The van der Waals surface area contributed by atoms with Crippen LogP contribution in [0.3, 0.4) is 0 Å². The molecule has 0 saturated carbocycles. The summed E-state index contributed by atoms with van der Waals surface area (Å²) in [6.07, 6.45) is 1.39. The molecule has 0 unspecified atom stereocenters. The second kappa shape index (κ2) is 9.13. The molecular weight excluding hydrogens is 438 g/mol. The number of phenols is 1. The van der Waals surface area contributed by atoms with Crippen LogP contribution in [0.15, 0.2) is 94.9 Å². The largest absolute Gasteiger partial charge is 0.507 e. The van der Waals surface area contributed by atoms with Crippen molar-refractivity contribution < 1.29 is 18.3 Å². The fourth-order valence-corrected chi connectivity index (χ4v) is 4.32. The molecule has 0 radical (unpaired) electrons. The number of hydrogen-bond donors (Lipinski definition) is 3. The number of nitrogens with zero attached hydrogens (tertiary/aromatic N) is 1. The maximum absolute atomic E-state index is 12.5. The number of benzene rings is 4. The molecule has 166 valence electrons. The smallest absolute Gasteiger partial charge is 0.271 e. The van der Waals surface area contributed by atoms with Gasteiger partial charge in [0.1, 0.15) is 5.75 Å². The summed E-state index contributed by atoms with van der Waals surface area (Å²) in [5.74, 6) is -0.421. The van der Waals surface area contributed by atoms with E-state index in [2.05, 4.69) is 15.2 Å². The van der Waals surface area contributed by atoms with Crippen molar-refractivity contribution in [1.82, 2.24) is 5.43 Å². The van der Waals surface area contributed by atoms with E-state index in [9.17, 15) is 18.3 Å². The van der Waals surface area contributed by atoms with Crippen LogP contribution in [0.4, 0.5) is 5.69 Å². The number of anilines is 1. The van der Waals surface area contributed by atoms with Gasteiger partial charge in [-0.05, 0) is 60.2 Å². The molecular formula is C25H21N3O4S. The van der Waals surface area contributed by atoms with Gasteiger partial charge in [0.25, 0.3) is 15.9 Å². The van der Waals surface area contributed by atoms with Crippen molar-refractivity contribution in [3.8, 4) is 5.75 Å². The number of carbonyl (C=O) groups excluding carboxylic acids is 1. The molecule has 0 fully saturated rings. The van der Waals surface area contributed by atoms with Crippen LogP contribution in [0.25, 0.3) is 10.8 Å². The minimum absolute atomic E-state index is 0.0527. The lowest BCUT2D eigenvalue weighted by Gasteiger charge is -2.09. The van der Waals surface area contributed by atoms with E-state index in [0.717, 1.165) is 16.3 Å². The molecule has 8 heteroatoms. The van der Waals surface area contributed by atoms with Crippen LogP contribution in [0, 0.1) is 6.92 Å². The predicted octanol–water partition coefficient (Wildman–Crippen LogP) is 4.42. The summed E-state index contributed by atoms with van der Waals surface area (Å²) < 4.78 is 27.5. The zero-order valence-electron chi connectivity index (χ0n) is 17.7. The number of rotatable bonds is 6. The number of hydrogen-bond acceptors (Lipinski definition) is 5. The number of fused-ring (bicyclic) bond motifs is 1. The molecule has 3 N–H and O–H groups in total. The lowest BCUT2D eigenvalue weighted by atomic mass is 10.0. The van der Waals surface area contributed by atoms with Crippen LogP contribution in [0.2, 0.25) is 0 Å². The Morgan fingerprint density at radius 1 is 0.909 bits per heavy atom. The minimum Gasteiger partial charge on any atom is -0.507 e. The van der Waals surface area contributed by atoms with E-state index >= 15 is 0 Å². The van der Waals surface area contributed by atoms with Gasteiger partial charge in [0, 0.05) is 16.8 Å². The Labute approximate surface area is 191 Å². The number of hydrazone groups is 1. The summed E-state index contributed by atoms with van der Waals surface area (Å²) in [5, 5.41) is 15.9. The normalized spacial score (nSPS) is 11.5. The number of phenolic OH excluding ortho intramolecular Hbond substituents is 1. The number of nitrogens with one attached hydrogen (secondary N) is 2. The molecule has 1 amide bonds. The highest BCUT2D eigenvalue weighted by molar-refractivity contribution is 7.92. The van der Waals surface area contributed by atoms with Crippen molar-refractivity contribution in [2.45, 2.75) is 11.8 Å². The lowest BCUT2D eigenvalue weighted by Crippen LogP contribution is -2.18. The van der Waals surface area contributed by atoms with Gasteiger partial charge in [0.15, 0.2) is 0 Å². The Bertz CT molecular complexity index is 1450.